The fourth-order valence-corrected chi connectivity index (χ4v) is 8.13. The Morgan fingerprint density at radius 2 is 0.983 bits per heavy atom. The van der Waals surface area contributed by atoms with E-state index in [4.69, 9.17) is 9.47 Å². The predicted molar refractivity (Wildman–Crippen MR) is 243 cm³/mol. The first-order chi connectivity index (χ1) is 29.2. The highest BCUT2D eigenvalue weighted by Gasteiger charge is 2.44. The first kappa shape index (κ1) is 56.9. The third-order valence-corrected chi connectivity index (χ3v) is 12.3. The lowest BCUT2D eigenvalue weighted by atomic mass is 9.98. The summed E-state index contributed by atoms with van der Waals surface area (Å²) in [7, 11) is 0. The van der Waals surface area contributed by atoms with Crippen LogP contribution in [0.15, 0.2) is 12.2 Å². The number of aliphatic hydroxyl groups is 7. The molecule has 11 nitrogen and oxygen atoms in total. The molecule has 1 aliphatic heterocycles. The third-order valence-electron chi connectivity index (χ3n) is 12.3. The molecule has 0 spiro atoms. The van der Waals surface area contributed by atoms with E-state index in [-0.39, 0.29) is 12.8 Å². The largest absolute Gasteiger partial charge is 0.394 e. The fraction of sp³-hybridized carbons (Fsp3) is 0.939. The van der Waals surface area contributed by atoms with Crippen molar-refractivity contribution < 1.29 is 50.0 Å². The van der Waals surface area contributed by atoms with E-state index in [9.17, 15) is 40.5 Å². The first-order valence-corrected chi connectivity index (χ1v) is 25.1. The molecule has 60 heavy (non-hydrogen) atoms. The van der Waals surface area contributed by atoms with Gasteiger partial charge < -0.3 is 50.5 Å². The van der Waals surface area contributed by atoms with Gasteiger partial charge >= 0.3 is 0 Å². The van der Waals surface area contributed by atoms with Crippen LogP contribution in [0.5, 0.6) is 0 Å². The molecule has 0 aromatic carbocycles. The van der Waals surface area contributed by atoms with Crippen molar-refractivity contribution in [3.63, 3.8) is 0 Å². The van der Waals surface area contributed by atoms with Gasteiger partial charge in [-0.3, -0.25) is 4.79 Å². The molecule has 0 aromatic heterocycles. The van der Waals surface area contributed by atoms with Crippen molar-refractivity contribution >= 4 is 5.91 Å². The van der Waals surface area contributed by atoms with Gasteiger partial charge in [0.2, 0.25) is 5.91 Å². The van der Waals surface area contributed by atoms with Gasteiger partial charge in [0.1, 0.15) is 36.6 Å². The Bertz CT molecular complexity index is 986. The summed E-state index contributed by atoms with van der Waals surface area (Å²) >= 11 is 0. The van der Waals surface area contributed by atoms with Gasteiger partial charge in [0.25, 0.3) is 0 Å². The van der Waals surface area contributed by atoms with Crippen LogP contribution < -0.4 is 5.32 Å². The van der Waals surface area contributed by atoms with Crippen LogP contribution in [0.1, 0.15) is 226 Å². The summed E-state index contributed by atoms with van der Waals surface area (Å²) in [6.07, 6.45) is 31.8. The number of rotatable bonds is 42. The summed E-state index contributed by atoms with van der Waals surface area (Å²) in [6.45, 7) is 3.35. The van der Waals surface area contributed by atoms with E-state index in [1.54, 1.807) is 0 Å². The molecule has 1 fully saturated rings. The summed E-state index contributed by atoms with van der Waals surface area (Å²) in [5.74, 6) is -0.706. The highest BCUT2D eigenvalue weighted by Crippen LogP contribution is 2.23. The van der Waals surface area contributed by atoms with Crippen LogP contribution in [-0.4, -0.2) is 110 Å². The van der Waals surface area contributed by atoms with E-state index < -0.39 is 74.2 Å². The van der Waals surface area contributed by atoms with Crippen LogP contribution in [-0.2, 0) is 14.3 Å². The molecule has 356 valence electrons. The standard InChI is InChI=1S/C49H95NO10/c1-3-5-7-9-11-12-13-14-15-16-17-18-19-20-21-22-23-24-25-26-27-28-29-31-33-35-37-42(53)48(58)50-40(44(54)41(52)36-34-32-30-10-8-6-4-2)39-59-49-47(57)46(56)45(55)43(38-51)60-49/h10,30,40-47,49,51-57H,3-9,11-29,31-39H2,1-2H3,(H,50,58)/b30-10+. The molecule has 0 radical (unpaired) electrons. The zero-order valence-electron chi connectivity index (χ0n) is 38.5. The summed E-state index contributed by atoms with van der Waals surface area (Å²) in [5, 5.41) is 75.3. The van der Waals surface area contributed by atoms with Gasteiger partial charge in [-0.25, -0.2) is 0 Å². The van der Waals surface area contributed by atoms with E-state index in [0.717, 1.165) is 44.9 Å². The molecule has 9 atom stereocenters. The second-order valence-corrected chi connectivity index (χ2v) is 17.9. The van der Waals surface area contributed by atoms with Crippen LogP contribution in [0.3, 0.4) is 0 Å². The number of hydrogen-bond donors (Lipinski definition) is 8. The Balaban J connectivity index is 2.22. The normalized spacial score (nSPS) is 21.6. The fourth-order valence-electron chi connectivity index (χ4n) is 8.13. The van der Waals surface area contributed by atoms with Gasteiger partial charge in [0.15, 0.2) is 6.29 Å². The molecule has 1 heterocycles. The Morgan fingerprint density at radius 1 is 0.567 bits per heavy atom. The summed E-state index contributed by atoms with van der Waals surface area (Å²) in [5.41, 5.74) is 0. The molecule has 9 unspecified atom stereocenters. The number of hydrogen-bond acceptors (Lipinski definition) is 10. The Labute approximate surface area is 366 Å². The molecule has 1 amide bonds. The maximum Gasteiger partial charge on any atom is 0.249 e. The minimum atomic E-state index is -1.66. The number of ether oxygens (including phenoxy) is 2. The minimum Gasteiger partial charge on any atom is -0.394 e. The molecule has 0 saturated carbocycles. The number of carbonyl (C=O) groups is 1. The number of amides is 1. The monoisotopic (exact) mass is 858 g/mol. The lowest BCUT2D eigenvalue weighted by Gasteiger charge is -2.40. The van der Waals surface area contributed by atoms with Crippen molar-refractivity contribution in [2.75, 3.05) is 13.2 Å². The number of aliphatic hydroxyl groups excluding tert-OH is 7. The topological polar surface area (TPSA) is 189 Å². The molecule has 0 bridgehead atoms. The predicted octanol–water partition coefficient (Wildman–Crippen LogP) is 8.84. The molecule has 1 saturated heterocycles. The van der Waals surface area contributed by atoms with Crippen molar-refractivity contribution in [2.24, 2.45) is 0 Å². The Kier molecular flexibility index (Phi) is 37.4. The average Bonchev–Trinajstić information content (AvgIpc) is 3.25. The first-order valence-electron chi connectivity index (χ1n) is 25.1. The number of nitrogens with one attached hydrogen (secondary N) is 1. The highest BCUT2D eigenvalue weighted by atomic mass is 16.7. The second-order valence-electron chi connectivity index (χ2n) is 17.9. The molecule has 8 N–H and O–H groups in total. The van der Waals surface area contributed by atoms with E-state index >= 15 is 0 Å². The van der Waals surface area contributed by atoms with Gasteiger partial charge in [-0.15, -0.1) is 0 Å². The van der Waals surface area contributed by atoms with E-state index in [1.807, 2.05) is 0 Å². The number of carbonyl (C=O) groups excluding carboxylic acids is 1. The van der Waals surface area contributed by atoms with Gasteiger partial charge in [-0.1, -0.05) is 206 Å². The van der Waals surface area contributed by atoms with Crippen LogP contribution in [0.25, 0.3) is 0 Å². The van der Waals surface area contributed by atoms with Gasteiger partial charge in [0, 0.05) is 0 Å². The number of unbranched alkanes of at least 4 members (excludes halogenated alkanes) is 28. The molecule has 0 aliphatic carbocycles. The summed E-state index contributed by atoms with van der Waals surface area (Å²) in [4.78, 5) is 13.0. The second kappa shape index (κ2) is 39.4. The zero-order valence-corrected chi connectivity index (χ0v) is 38.5. The molecule has 1 rings (SSSR count). The van der Waals surface area contributed by atoms with E-state index in [0.29, 0.717) is 12.8 Å². The maximum atomic E-state index is 13.0. The van der Waals surface area contributed by atoms with Crippen LogP contribution >= 0.6 is 0 Å². The van der Waals surface area contributed by atoms with Gasteiger partial charge in [0.05, 0.1) is 25.4 Å². The Morgan fingerprint density at radius 3 is 1.42 bits per heavy atom. The number of allylic oxidation sites excluding steroid dienone is 2. The van der Waals surface area contributed by atoms with E-state index in [2.05, 4.69) is 31.3 Å². The van der Waals surface area contributed by atoms with Crippen molar-refractivity contribution in [1.82, 2.24) is 5.32 Å². The lowest BCUT2D eigenvalue weighted by Crippen LogP contribution is -2.60. The lowest BCUT2D eigenvalue weighted by molar-refractivity contribution is -0.303. The average molecular weight is 858 g/mol. The van der Waals surface area contributed by atoms with E-state index in [1.165, 1.54) is 141 Å². The highest BCUT2D eigenvalue weighted by molar-refractivity contribution is 5.80. The van der Waals surface area contributed by atoms with Gasteiger partial charge in [-0.2, -0.15) is 0 Å². The molecular weight excluding hydrogens is 763 g/mol. The van der Waals surface area contributed by atoms with Crippen molar-refractivity contribution in [3.8, 4) is 0 Å². The van der Waals surface area contributed by atoms with Crippen LogP contribution in [0.2, 0.25) is 0 Å². The quantitative estimate of drug-likeness (QED) is 0.0218. The smallest absolute Gasteiger partial charge is 0.249 e. The van der Waals surface area contributed by atoms with Gasteiger partial charge in [-0.05, 0) is 32.1 Å². The van der Waals surface area contributed by atoms with Crippen LogP contribution in [0, 0.1) is 0 Å². The minimum absolute atomic E-state index is 0.258. The molecule has 11 heteroatoms. The van der Waals surface area contributed by atoms with Crippen molar-refractivity contribution in [3.05, 3.63) is 12.2 Å². The molecule has 1 aliphatic rings. The molecule has 0 aromatic rings. The van der Waals surface area contributed by atoms with Crippen molar-refractivity contribution in [1.29, 1.82) is 0 Å². The molecular formula is C49H95NO10. The van der Waals surface area contributed by atoms with Crippen molar-refractivity contribution in [2.45, 2.75) is 281 Å². The summed E-state index contributed by atoms with van der Waals surface area (Å²) in [6, 6.07) is -1.18. The zero-order chi connectivity index (χ0) is 44.1. The Hall–Kier alpha value is -1.15. The SMILES string of the molecule is CCCC/C=C/CCCC(O)C(O)C(COC1OC(CO)C(O)C(O)C1O)NC(=O)C(O)CCCCCCCCCCCCCCCCCCCCCCCCCCCC. The summed E-state index contributed by atoms with van der Waals surface area (Å²) < 4.78 is 11.0. The third kappa shape index (κ3) is 28.5. The van der Waals surface area contributed by atoms with Crippen LogP contribution in [0.4, 0.5) is 0 Å². The maximum absolute atomic E-state index is 13.0.